The molecular formula is C14H24O3. The second-order valence-electron chi connectivity index (χ2n) is 5.60. The van der Waals surface area contributed by atoms with E-state index >= 15 is 0 Å². The third kappa shape index (κ3) is 7.03. The molecule has 0 spiro atoms. The SMILES string of the molecule is CC(C)(C)OC(=O)OC/C=C/C1CCCCC1. The molecule has 0 unspecified atom stereocenters. The first kappa shape index (κ1) is 14.1. The maximum atomic E-state index is 11.2. The third-order valence-corrected chi connectivity index (χ3v) is 2.75. The van der Waals surface area contributed by atoms with Gasteiger partial charge in [-0.1, -0.05) is 31.4 Å². The molecule has 0 N–H and O–H groups in total. The van der Waals surface area contributed by atoms with Crippen LogP contribution >= 0.6 is 0 Å². The normalized spacial score (nSPS) is 18.3. The topological polar surface area (TPSA) is 35.5 Å². The Kier molecular flexibility index (Phi) is 5.52. The van der Waals surface area contributed by atoms with E-state index in [1.54, 1.807) is 0 Å². The van der Waals surface area contributed by atoms with Gasteiger partial charge in [-0.25, -0.2) is 4.79 Å². The predicted octanol–water partition coefficient (Wildman–Crippen LogP) is 4.07. The van der Waals surface area contributed by atoms with Crippen LogP contribution in [0, 0.1) is 5.92 Å². The summed E-state index contributed by atoms with van der Waals surface area (Å²) in [6.45, 7) is 5.79. The largest absolute Gasteiger partial charge is 0.509 e. The fraction of sp³-hybridized carbons (Fsp3) is 0.786. The Morgan fingerprint density at radius 3 is 2.47 bits per heavy atom. The summed E-state index contributed by atoms with van der Waals surface area (Å²) >= 11 is 0. The van der Waals surface area contributed by atoms with Crippen molar-refractivity contribution in [1.82, 2.24) is 0 Å². The van der Waals surface area contributed by atoms with Crippen molar-refractivity contribution in [2.75, 3.05) is 6.61 Å². The summed E-state index contributed by atoms with van der Waals surface area (Å²) in [4.78, 5) is 11.2. The summed E-state index contributed by atoms with van der Waals surface area (Å²) in [6.07, 6.45) is 10.0. The lowest BCUT2D eigenvalue weighted by Gasteiger charge is -2.19. The lowest BCUT2D eigenvalue weighted by Crippen LogP contribution is -2.24. The number of hydrogen-bond acceptors (Lipinski definition) is 3. The van der Waals surface area contributed by atoms with Crippen molar-refractivity contribution in [2.45, 2.75) is 58.5 Å². The van der Waals surface area contributed by atoms with Crippen LogP contribution in [0.15, 0.2) is 12.2 Å². The molecule has 0 aromatic carbocycles. The van der Waals surface area contributed by atoms with Gasteiger partial charge in [-0.05, 0) is 39.5 Å². The summed E-state index contributed by atoms with van der Waals surface area (Å²) in [7, 11) is 0. The van der Waals surface area contributed by atoms with Crippen LogP contribution in [0.4, 0.5) is 4.79 Å². The Morgan fingerprint density at radius 1 is 1.24 bits per heavy atom. The first-order valence-electron chi connectivity index (χ1n) is 6.50. The smallest absolute Gasteiger partial charge is 0.430 e. The molecule has 98 valence electrons. The van der Waals surface area contributed by atoms with Gasteiger partial charge in [-0.3, -0.25) is 0 Å². The van der Waals surface area contributed by atoms with Gasteiger partial charge in [-0.2, -0.15) is 0 Å². The molecule has 0 aliphatic heterocycles. The quantitative estimate of drug-likeness (QED) is 0.551. The van der Waals surface area contributed by atoms with E-state index in [0.717, 1.165) is 0 Å². The van der Waals surface area contributed by atoms with Crippen molar-refractivity contribution < 1.29 is 14.3 Å². The van der Waals surface area contributed by atoms with Crippen molar-refractivity contribution >= 4 is 6.16 Å². The molecule has 3 heteroatoms. The van der Waals surface area contributed by atoms with Gasteiger partial charge in [0.05, 0.1) is 0 Å². The number of carbonyl (C=O) groups is 1. The van der Waals surface area contributed by atoms with Crippen LogP contribution in [0.2, 0.25) is 0 Å². The minimum atomic E-state index is -0.592. The van der Waals surface area contributed by atoms with Crippen LogP contribution in [0.1, 0.15) is 52.9 Å². The third-order valence-electron chi connectivity index (χ3n) is 2.75. The van der Waals surface area contributed by atoms with Crippen LogP contribution < -0.4 is 0 Å². The molecular weight excluding hydrogens is 216 g/mol. The van der Waals surface area contributed by atoms with Crippen LogP contribution in [-0.4, -0.2) is 18.4 Å². The van der Waals surface area contributed by atoms with Gasteiger partial charge in [0.15, 0.2) is 0 Å². The van der Waals surface area contributed by atoms with Gasteiger partial charge in [0, 0.05) is 0 Å². The molecule has 0 aromatic rings. The van der Waals surface area contributed by atoms with Gasteiger partial charge < -0.3 is 9.47 Å². The van der Waals surface area contributed by atoms with Crippen molar-refractivity contribution in [2.24, 2.45) is 5.92 Å². The summed E-state index contributed by atoms with van der Waals surface area (Å²) < 4.78 is 10.00. The molecule has 0 radical (unpaired) electrons. The fourth-order valence-electron chi connectivity index (χ4n) is 1.97. The Morgan fingerprint density at radius 2 is 1.88 bits per heavy atom. The summed E-state index contributed by atoms with van der Waals surface area (Å²) in [5.41, 5.74) is -0.482. The molecule has 0 bridgehead atoms. The second kappa shape index (κ2) is 6.67. The predicted molar refractivity (Wildman–Crippen MR) is 67.9 cm³/mol. The average Bonchev–Trinajstić information content (AvgIpc) is 2.23. The zero-order valence-electron chi connectivity index (χ0n) is 11.2. The van der Waals surface area contributed by atoms with Crippen LogP contribution in [-0.2, 0) is 9.47 Å². The second-order valence-corrected chi connectivity index (χ2v) is 5.60. The van der Waals surface area contributed by atoms with Crippen molar-refractivity contribution in [3.05, 3.63) is 12.2 Å². The Hall–Kier alpha value is -0.990. The summed E-state index contributed by atoms with van der Waals surface area (Å²) in [5, 5.41) is 0. The standard InChI is InChI=1S/C14H24O3/c1-14(2,3)17-13(15)16-11-7-10-12-8-5-4-6-9-12/h7,10,12H,4-6,8-9,11H2,1-3H3/b10-7+. The summed E-state index contributed by atoms with van der Waals surface area (Å²) in [6, 6.07) is 0. The molecule has 0 heterocycles. The maximum Gasteiger partial charge on any atom is 0.509 e. The first-order chi connectivity index (χ1) is 7.97. The van der Waals surface area contributed by atoms with E-state index in [0.29, 0.717) is 12.5 Å². The molecule has 0 saturated heterocycles. The number of rotatable bonds is 3. The number of allylic oxidation sites excluding steroid dienone is 1. The van der Waals surface area contributed by atoms with E-state index in [9.17, 15) is 4.79 Å². The number of carbonyl (C=O) groups excluding carboxylic acids is 1. The molecule has 1 rings (SSSR count). The highest BCUT2D eigenvalue weighted by Crippen LogP contribution is 2.24. The van der Waals surface area contributed by atoms with E-state index in [2.05, 4.69) is 6.08 Å². The number of hydrogen-bond donors (Lipinski definition) is 0. The highest BCUT2D eigenvalue weighted by atomic mass is 16.7. The first-order valence-corrected chi connectivity index (χ1v) is 6.50. The lowest BCUT2D eigenvalue weighted by molar-refractivity contribution is -0.00246. The average molecular weight is 240 g/mol. The van der Waals surface area contributed by atoms with Crippen molar-refractivity contribution in [1.29, 1.82) is 0 Å². The molecule has 1 saturated carbocycles. The zero-order chi connectivity index (χ0) is 12.7. The Bertz CT molecular complexity index is 257. The molecule has 1 aliphatic rings. The van der Waals surface area contributed by atoms with E-state index < -0.39 is 11.8 Å². The zero-order valence-corrected chi connectivity index (χ0v) is 11.2. The summed E-state index contributed by atoms with van der Waals surface area (Å²) in [5.74, 6) is 0.672. The van der Waals surface area contributed by atoms with E-state index in [1.165, 1.54) is 32.1 Å². The Labute approximate surface area is 104 Å². The highest BCUT2D eigenvalue weighted by molar-refractivity contribution is 5.60. The van der Waals surface area contributed by atoms with Gasteiger partial charge >= 0.3 is 6.16 Å². The van der Waals surface area contributed by atoms with Gasteiger partial charge in [0.1, 0.15) is 12.2 Å². The Balaban J connectivity index is 2.14. The van der Waals surface area contributed by atoms with Gasteiger partial charge in [0.25, 0.3) is 0 Å². The lowest BCUT2D eigenvalue weighted by atomic mass is 9.89. The molecule has 1 fully saturated rings. The monoisotopic (exact) mass is 240 g/mol. The van der Waals surface area contributed by atoms with Crippen LogP contribution in [0.3, 0.4) is 0 Å². The van der Waals surface area contributed by atoms with Gasteiger partial charge in [0.2, 0.25) is 0 Å². The number of ether oxygens (including phenoxy) is 2. The minimum Gasteiger partial charge on any atom is -0.430 e. The van der Waals surface area contributed by atoms with Gasteiger partial charge in [-0.15, -0.1) is 0 Å². The maximum absolute atomic E-state index is 11.2. The van der Waals surface area contributed by atoms with E-state index in [1.807, 2.05) is 26.8 Å². The highest BCUT2D eigenvalue weighted by Gasteiger charge is 2.16. The molecule has 3 nitrogen and oxygen atoms in total. The van der Waals surface area contributed by atoms with Crippen LogP contribution in [0.5, 0.6) is 0 Å². The van der Waals surface area contributed by atoms with Crippen molar-refractivity contribution in [3.8, 4) is 0 Å². The van der Waals surface area contributed by atoms with E-state index in [-0.39, 0.29) is 0 Å². The van der Waals surface area contributed by atoms with Crippen LogP contribution in [0.25, 0.3) is 0 Å². The molecule has 0 aromatic heterocycles. The van der Waals surface area contributed by atoms with E-state index in [4.69, 9.17) is 9.47 Å². The molecule has 0 atom stereocenters. The van der Waals surface area contributed by atoms with Crippen molar-refractivity contribution in [3.63, 3.8) is 0 Å². The minimum absolute atomic E-state index is 0.311. The fourth-order valence-corrected chi connectivity index (χ4v) is 1.97. The molecule has 17 heavy (non-hydrogen) atoms. The molecule has 1 aliphatic carbocycles. The molecule has 0 amide bonds.